The zero-order valence-corrected chi connectivity index (χ0v) is 17.4. The molecule has 0 unspecified atom stereocenters. The molecule has 0 aromatic rings. The van der Waals surface area contributed by atoms with Crippen molar-refractivity contribution in [3.05, 3.63) is 0 Å². The number of ketones is 1. The van der Waals surface area contributed by atoms with Gasteiger partial charge in [0.25, 0.3) is 0 Å². The first-order chi connectivity index (χ1) is 12.5. The highest BCUT2D eigenvalue weighted by molar-refractivity contribution is 5.82. The van der Waals surface area contributed by atoms with Crippen molar-refractivity contribution >= 4 is 5.78 Å². The van der Waals surface area contributed by atoms with Crippen LogP contribution in [0.2, 0.25) is 0 Å². The summed E-state index contributed by atoms with van der Waals surface area (Å²) in [5.74, 6) is 0.968. The smallest absolute Gasteiger partial charge is 0.138 e. The van der Waals surface area contributed by atoms with Gasteiger partial charge in [-0.2, -0.15) is 0 Å². The van der Waals surface area contributed by atoms with Crippen molar-refractivity contribution in [1.29, 1.82) is 0 Å². The van der Waals surface area contributed by atoms with Gasteiger partial charge in [-0.05, 0) is 65.7 Å². The Morgan fingerprint density at radius 1 is 0.923 bits per heavy atom. The number of rotatable bonds is 10. The van der Waals surface area contributed by atoms with E-state index in [1.807, 2.05) is 13.8 Å². The highest BCUT2D eigenvalue weighted by Gasteiger charge is 2.31. The summed E-state index contributed by atoms with van der Waals surface area (Å²) in [5, 5.41) is 0. The van der Waals surface area contributed by atoms with Crippen LogP contribution in [0.5, 0.6) is 0 Å². The number of ether oxygens (including phenoxy) is 2. The SMILES string of the molecule is CC(C)OCCOCCN1CCC(N2CCC(C(=O)C(C)C)CC2)CC1. The molecule has 0 radical (unpaired) electrons. The van der Waals surface area contributed by atoms with Crippen LogP contribution in [0, 0.1) is 11.8 Å². The van der Waals surface area contributed by atoms with Gasteiger partial charge in [0.15, 0.2) is 0 Å². The number of hydrogen-bond donors (Lipinski definition) is 0. The molecule has 0 aliphatic carbocycles. The van der Waals surface area contributed by atoms with Gasteiger partial charge in [0.1, 0.15) is 5.78 Å². The number of likely N-dealkylation sites (tertiary alicyclic amines) is 2. The van der Waals surface area contributed by atoms with Gasteiger partial charge < -0.3 is 19.3 Å². The van der Waals surface area contributed by atoms with E-state index in [1.165, 1.54) is 25.9 Å². The van der Waals surface area contributed by atoms with E-state index in [0.29, 0.717) is 31.0 Å². The number of carbonyl (C=O) groups is 1. The topological polar surface area (TPSA) is 42.0 Å². The Bertz CT molecular complexity index is 398. The molecule has 0 aromatic heterocycles. The summed E-state index contributed by atoms with van der Waals surface area (Å²) in [6.07, 6.45) is 4.90. The molecular formula is C21H40N2O3. The summed E-state index contributed by atoms with van der Waals surface area (Å²) in [6.45, 7) is 15.9. The van der Waals surface area contributed by atoms with E-state index in [2.05, 4.69) is 23.6 Å². The number of nitrogens with zero attached hydrogens (tertiary/aromatic N) is 2. The number of Topliss-reactive ketones (excluding diaryl/α,β-unsaturated/α-hetero) is 1. The van der Waals surface area contributed by atoms with Gasteiger partial charge in [-0.3, -0.25) is 4.79 Å². The molecule has 0 atom stereocenters. The third kappa shape index (κ3) is 7.26. The lowest BCUT2D eigenvalue weighted by Crippen LogP contribution is -2.49. The van der Waals surface area contributed by atoms with Crippen molar-refractivity contribution in [2.45, 2.75) is 65.5 Å². The third-order valence-electron chi connectivity index (χ3n) is 5.81. The van der Waals surface area contributed by atoms with Crippen molar-refractivity contribution < 1.29 is 14.3 Å². The van der Waals surface area contributed by atoms with Crippen molar-refractivity contribution in [3.8, 4) is 0 Å². The molecule has 152 valence electrons. The van der Waals surface area contributed by atoms with Gasteiger partial charge in [-0.25, -0.2) is 0 Å². The Hall–Kier alpha value is -0.490. The highest BCUT2D eigenvalue weighted by atomic mass is 16.5. The fraction of sp³-hybridized carbons (Fsp3) is 0.952. The van der Waals surface area contributed by atoms with Crippen molar-refractivity contribution in [3.63, 3.8) is 0 Å². The molecule has 0 N–H and O–H groups in total. The predicted octanol–water partition coefficient (Wildman–Crippen LogP) is 2.83. The average Bonchev–Trinajstić information content (AvgIpc) is 2.64. The fourth-order valence-corrected chi connectivity index (χ4v) is 4.17. The molecule has 5 nitrogen and oxygen atoms in total. The van der Waals surface area contributed by atoms with E-state index in [0.717, 1.165) is 39.1 Å². The van der Waals surface area contributed by atoms with E-state index in [4.69, 9.17) is 9.47 Å². The minimum absolute atomic E-state index is 0.189. The second-order valence-electron chi connectivity index (χ2n) is 8.47. The zero-order chi connectivity index (χ0) is 18.9. The van der Waals surface area contributed by atoms with Crippen LogP contribution in [-0.4, -0.2) is 80.3 Å². The lowest BCUT2D eigenvalue weighted by atomic mass is 9.86. The molecule has 2 aliphatic rings. The third-order valence-corrected chi connectivity index (χ3v) is 5.81. The first kappa shape index (κ1) is 21.8. The molecule has 0 saturated carbocycles. The Labute approximate surface area is 160 Å². The van der Waals surface area contributed by atoms with Crippen LogP contribution in [0.15, 0.2) is 0 Å². The van der Waals surface area contributed by atoms with Gasteiger partial charge in [0, 0.05) is 24.4 Å². The van der Waals surface area contributed by atoms with Crippen LogP contribution in [0.1, 0.15) is 53.4 Å². The van der Waals surface area contributed by atoms with Gasteiger partial charge >= 0.3 is 0 Å². The molecular weight excluding hydrogens is 328 g/mol. The quantitative estimate of drug-likeness (QED) is 0.555. The van der Waals surface area contributed by atoms with Crippen LogP contribution in [0.4, 0.5) is 0 Å². The standard InChI is InChI=1S/C21H40N2O3/c1-17(2)21(24)19-5-11-23(12-6-19)20-7-9-22(10-8-20)13-14-25-15-16-26-18(3)4/h17-20H,5-16H2,1-4H3. The van der Waals surface area contributed by atoms with Gasteiger partial charge in [0.2, 0.25) is 0 Å². The maximum Gasteiger partial charge on any atom is 0.138 e. The highest BCUT2D eigenvalue weighted by Crippen LogP contribution is 2.25. The summed E-state index contributed by atoms with van der Waals surface area (Å²) in [6, 6.07) is 0.710. The van der Waals surface area contributed by atoms with Crippen LogP contribution in [0.25, 0.3) is 0 Å². The van der Waals surface area contributed by atoms with E-state index in [-0.39, 0.29) is 12.0 Å². The molecule has 0 bridgehead atoms. The van der Waals surface area contributed by atoms with E-state index in [1.54, 1.807) is 0 Å². The molecule has 5 heteroatoms. The second-order valence-corrected chi connectivity index (χ2v) is 8.47. The molecule has 2 fully saturated rings. The molecule has 2 heterocycles. The van der Waals surface area contributed by atoms with Crippen LogP contribution in [0.3, 0.4) is 0 Å². The van der Waals surface area contributed by atoms with Crippen molar-refractivity contribution in [2.24, 2.45) is 11.8 Å². The monoisotopic (exact) mass is 368 g/mol. The largest absolute Gasteiger partial charge is 0.378 e. The molecule has 2 aliphatic heterocycles. The first-order valence-corrected chi connectivity index (χ1v) is 10.7. The van der Waals surface area contributed by atoms with E-state index < -0.39 is 0 Å². The minimum Gasteiger partial charge on any atom is -0.378 e. The number of hydrogen-bond acceptors (Lipinski definition) is 5. The summed E-state index contributed by atoms with van der Waals surface area (Å²) in [7, 11) is 0. The van der Waals surface area contributed by atoms with E-state index >= 15 is 0 Å². The Kier molecular flexibility index (Phi) is 9.54. The van der Waals surface area contributed by atoms with Crippen LogP contribution >= 0.6 is 0 Å². The predicted molar refractivity (Wildman–Crippen MR) is 106 cm³/mol. The minimum atomic E-state index is 0.189. The molecule has 0 spiro atoms. The fourth-order valence-electron chi connectivity index (χ4n) is 4.17. The molecule has 0 amide bonds. The summed E-state index contributed by atoms with van der Waals surface area (Å²) >= 11 is 0. The molecule has 2 rings (SSSR count). The normalized spacial score (nSPS) is 21.8. The summed E-state index contributed by atoms with van der Waals surface area (Å²) < 4.78 is 11.2. The number of carbonyl (C=O) groups excluding carboxylic acids is 1. The Balaban J connectivity index is 1.55. The first-order valence-electron chi connectivity index (χ1n) is 10.7. The summed E-state index contributed by atoms with van der Waals surface area (Å²) in [5.41, 5.74) is 0. The molecule has 0 aromatic carbocycles. The second kappa shape index (κ2) is 11.4. The van der Waals surface area contributed by atoms with Gasteiger partial charge in [0.05, 0.1) is 25.9 Å². The van der Waals surface area contributed by atoms with Crippen LogP contribution < -0.4 is 0 Å². The Morgan fingerprint density at radius 2 is 1.58 bits per heavy atom. The van der Waals surface area contributed by atoms with Crippen LogP contribution in [-0.2, 0) is 14.3 Å². The average molecular weight is 369 g/mol. The lowest BCUT2D eigenvalue weighted by molar-refractivity contribution is -0.127. The molecule has 26 heavy (non-hydrogen) atoms. The van der Waals surface area contributed by atoms with Crippen molar-refractivity contribution in [2.75, 3.05) is 52.5 Å². The number of piperidine rings is 2. The van der Waals surface area contributed by atoms with Gasteiger partial charge in [-0.15, -0.1) is 0 Å². The lowest BCUT2D eigenvalue weighted by Gasteiger charge is -2.41. The summed E-state index contributed by atoms with van der Waals surface area (Å²) in [4.78, 5) is 17.3. The maximum absolute atomic E-state index is 12.2. The van der Waals surface area contributed by atoms with Crippen molar-refractivity contribution in [1.82, 2.24) is 9.80 Å². The maximum atomic E-state index is 12.2. The van der Waals surface area contributed by atoms with Gasteiger partial charge in [-0.1, -0.05) is 13.8 Å². The Morgan fingerprint density at radius 3 is 2.15 bits per heavy atom. The van der Waals surface area contributed by atoms with E-state index in [9.17, 15) is 4.79 Å². The zero-order valence-electron chi connectivity index (χ0n) is 17.4. The molecule has 2 saturated heterocycles.